The van der Waals surface area contributed by atoms with Gasteiger partial charge in [-0.25, -0.2) is 4.70 Å². The van der Waals surface area contributed by atoms with Crippen molar-refractivity contribution < 1.29 is 21.2 Å². The van der Waals surface area contributed by atoms with E-state index in [4.69, 9.17) is 0 Å². The van der Waals surface area contributed by atoms with E-state index in [9.17, 15) is 5.53 Å². The molecule has 0 fully saturated rings. The second kappa shape index (κ2) is 73.9. The smallest absolute Gasteiger partial charge is 0.493 e. The molecule has 0 aliphatic carbocycles. The van der Waals surface area contributed by atoms with Crippen LogP contribution < -0.4 is 0 Å². The molecular weight excluding hydrogens is 1250 g/mol. The monoisotopic (exact) mass is 1430 g/mol. The van der Waals surface area contributed by atoms with Crippen LogP contribution in [0.5, 0.6) is 0 Å². The molecule has 0 saturated carbocycles. The fraction of sp³-hybridized carbons (Fsp3) is 0.814. The molecule has 1 aliphatic rings. The summed E-state index contributed by atoms with van der Waals surface area (Å²) in [6.45, 7) is 31.0. The molecular formula is C97H176N2Ni. The van der Waals surface area contributed by atoms with Gasteiger partial charge in [0.25, 0.3) is 0 Å². The normalized spacial score (nSPS) is 12.2. The quantitative estimate of drug-likeness (QED) is 0.0273. The molecule has 0 amide bonds. The number of allylic oxidation sites excluding steroid dienone is 2. The molecule has 3 heteroatoms. The maximum atomic E-state index is 12.9. The van der Waals surface area contributed by atoms with Crippen LogP contribution in [-0.4, -0.2) is 4.70 Å². The van der Waals surface area contributed by atoms with E-state index in [0.29, 0.717) is 0 Å². The molecule has 0 N–H and O–H groups in total. The van der Waals surface area contributed by atoms with E-state index in [2.05, 4.69) is 107 Å². The largest absolute Gasteiger partial charge is 2.00 e. The number of aryl methyl sites for hydroxylation is 4. The topological polar surface area (TPSA) is 25.3 Å². The molecule has 0 radical (unpaired) electrons. The number of nitrogens with zero attached hydrogens (tertiary/aromatic N) is 2. The van der Waals surface area contributed by atoms with Gasteiger partial charge in [-0.3, -0.25) is 0 Å². The number of benzene rings is 2. The standard InChI is InChI=1S/C55H90N2.2C21H43.Ni/c1-9-17-22-26-27-31-39-53-52(37-21-13-5)54(48-40-44(32-14-6)50(34-16-8)45(41-48)33-15-7)57(56)55(53)49-42-46(35-28-23-18-10-2)51(38-30-25-20-12-4)47(43-49)36-29-24-19-11-3;2*1-3-5-7-9-11-13-15-17-19-21-20-18-16-14-12-10-8-6-4-2;/h40-43H,9-39H2,1-8H3;2*1,3-21H2,2H3;/q;2*-1;+2. The zero-order valence-electron chi connectivity index (χ0n) is 69.7. The zero-order valence-corrected chi connectivity index (χ0v) is 70.7. The van der Waals surface area contributed by atoms with Crippen molar-refractivity contribution in [2.45, 2.75) is 512 Å². The molecule has 2 aromatic rings. The van der Waals surface area contributed by atoms with Crippen LogP contribution in [0.4, 0.5) is 0 Å². The van der Waals surface area contributed by atoms with Crippen molar-refractivity contribution in [3.8, 4) is 0 Å². The first-order valence-corrected chi connectivity index (χ1v) is 45.6. The van der Waals surface area contributed by atoms with Gasteiger partial charge in [-0.05, 0) is 141 Å². The summed E-state index contributed by atoms with van der Waals surface area (Å²) in [5.74, 6) is 0. The molecule has 0 atom stereocenters. The predicted molar refractivity (Wildman–Crippen MR) is 451 cm³/mol. The molecule has 2 nitrogen and oxygen atoms in total. The maximum Gasteiger partial charge on any atom is 2.00 e. The third-order valence-corrected chi connectivity index (χ3v) is 22.0. The van der Waals surface area contributed by atoms with E-state index in [1.165, 1.54) is 393 Å². The zero-order chi connectivity index (χ0) is 72.1. The van der Waals surface area contributed by atoms with Crippen molar-refractivity contribution in [2.24, 2.45) is 0 Å². The molecule has 2 aromatic carbocycles. The van der Waals surface area contributed by atoms with Gasteiger partial charge in [0.2, 0.25) is 11.4 Å². The van der Waals surface area contributed by atoms with Crippen LogP contribution in [0.3, 0.4) is 0 Å². The SMILES string of the molecule is CCCCCCCCC1=C(c2cc(CCCCCC)c(CCCCCC)c(CCCCCC)c2)[N+](=[N-])C(c2cc(CCC)c(CCC)c(CCC)c2)=C1CCCC.[CH2-]CCCCCCCCCCCCCCCCCCCC.[CH2-]CCCCCCCCCCCCCCCCCCCC.[Ni+2]. The van der Waals surface area contributed by atoms with Gasteiger partial charge in [0, 0.05) is 22.3 Å². The second-order valence-corrected chi connectivity index (χ2v) is 31.5. The summed E-state index contributed by atoms with van der Waals surface area (Å²) >= 11 is 0. The van der Waals surface area contributed by atoms with Crippen LogP contribution in [0.2, 0.25) is 0 Å². The maximum absolute atomic E-state index is 12.9. The first-order chi connectivity index (χ1) is 48.8. The molecule has 0 aromatic heterocycles. The second-order valence-electron chi connectivity index (χ2n) is 31.5. The predicted octanol–water partition coefficient (Wildman–Crippen LogP) is 34.5. The third kappa shape index (κ3) is 49.0. The van der Waals surface area contributed by atoms with E-state index in [-0.39, 0.29) is 16.5 Å². The molecule has 100 heavy (non-hydrogen) atoms. The summed E-state index contributed by atoms with van der Waals surface area (Å²) in [6.07, 6.45) is 92.7. The number of unbranched alkanes of at least 4 members (excludes halogenated alkanes) is 51. The van der Waals surface area contributed by atoms with Crippen molar-refractivity contribution >= 4 is 11.4 Å². The van der Waals surface area contributed by atoms with Crippen LogP contribution in [0.1, 0.15) is 518 Å². The third-order valence-electron chi connectivity index (χ3n) is 22.0. The Labute approximate surface area is 640 Å². The number of rotatable bonds is 69. The first-order valence-electron chi connectivity index (χ1n) is 45.6. The Hall–Kier alpha value is -1.99. The van der Waals surface area contributed by atoms with Gasteiger partial charge in [0.05, 0.1) is 0 Å². The minimum atomic E-state index is 0. The van der Waals surface area contributed by atoms with Crippen molar-refractivity contribution in [1.29, 1.82) is 0 Å². The van der Waals surface area contributed by atoms with Crippen molar-refractivity contribution in [3.63, 3.8) is 0 Å². The summed E-state index contributed by atoms with van der Waals surface area (Å²) in [6, 6.07) is 10.2. The molecule has 0 saturated heterocycles. The first kappa shape index (κ1) is 98.0. The van der Waals surface area contributed by atoms with Gasteiger partial charge < -0.3 is 19.4 Å². The Morgan fingerprint density at radius 3 is 0.680 bits per heavy atom. The van der Waals surface area contributed by atoms with E-state index in [1.54, 1.807) is 27.0 Å². The Morgan fingerprint density at radius 1 is 0.220 bits per heavy atom. The van der Waals surface area contributed by atoms with Crippen LogP contribution in [0.15, 0.2) is 35.4 Å². The van der Waals surface area contributed by atoms with Crippen LogP contribution >= 0.6 is 0 Å². The summed E-state index contributed by atoms with van der Waals surface area (Å²) in [5.41, 5.74) is 30.0. The van der Waals surface area contributed by atoms with Crippen molar-refractivity contribution in [1.82, 2.24) is 0 Å². The molecule has 1 heterocycles. The summed E-state index contributed by atoms with van der Waals surface area (Å²) in [7, 11) is 0. The molecule has 3 rings (SSSR count). The summed E-state index contributed by atoms with van der Waals surface area (Å²) < 4.78 is 1.73. The number of hydrogen-bond donors (Lipinski definition) is 0. The van der Waals surface area contributed by atoms with Crippen LogP contribution in [-0.2, 0) is 55.0 Å². The summed E-state index contributed by atoms with van der Waals surface area (Å²) in [5, 5.41) is 0. The van der Waals surface area contributed by atoms with Gasteiger partial charge in [0.1, 0.15) is 0 Å². The Bertz CT molecular complexity index is 2040. The fourth-order valence-corrected chi connectivity index (χ4v) is 15.8. The van der Waals surface area contributed by atoms with E-state index >= 15 is 0 Å². The fourth-order valence-electron chi connectivity index (χ4n) is 15.8. The van der Waals surface area contributed by atoms with Crippen molar-refractivity contribution in [3.05, 3.63) is 99.3 Å². The van der Waals surface area contributed by atoms with E-state index < -0.39 is 0 Å². The van der Waals surface area contributed by atoms with E-state index in [1.807, 2.05) is 0 Å². The van der Waals surface area contributed by atoms with Crippen LogP contribution in [0.25, 0.3) is 16.9 Å². The van der Waals surface area contributed by atoms with E-state index in [0.717, 1.165) is 94.9 Å². The number of hydrogen-bond acceptors (Lipinski definition) is 0. The molecule has 0 spiro atoms. The van der Waals surface area contributed by atoms with Gasteiger partial charge in [-0.2, -0.15) is 12.8 Å². The Morgan fingerprint density at radius 2 is 0.420 bits per heavy atom. The summed E-state index contributed by atoms with van der Waals surface area (Å²) in [4.78, 5) is 0. The Balaban J connectivity index is 0.00000186. The van der Waals surface area contributed by atoms with Gasteiger partial charge in [-0.1, -0.05) is 416 Å². The molecule has 0 bridgehead atoms. The Kier molecular flexibility index (Phi) is 72.4. The van der Waals surface area contributed by atoms with Crippen molar-refractivity contribution in [2.75, 3.05) is 0 Å². The average Bonchev–Trinajstić information content (AvgIpc) is 1.59. The minimum absolute atomic E-state index is 0. The average molecular weight is 1430 g/mol. The molecule has 1 aliphatic heterocycles. The van der Waals surface area contributed by atoms with Gasteiger partial charge >= 0.3 is 16.5 Å². The van der Waals surface area contributed by atoms with Crippen LogP contribution in [0, 0.1) is 13.8 Å². The van der Waals surface area contributed by atoms with Gasteiger partial charge in [-0.15, -0.1) is 0 Å². The molecule has 0 unspecified atom stereocenters. The minimum Gasteiger partial charge on any atom is -0.493 e. The molecule has 584 valence electrons. The van der Waals surface area contributed by atoms with Gasteiger partial charge in [0.15, 0.2) is 0 Å².